The fourth-order valence-corrected chi connectivity index (χ4v) is 4.35. The van der Waals surface area contributed by atoms with Crippen LogP contribution in [0, 0.1) is 0 Å². The first-order valence-corrected chi connectivity index (χ1v) is 11.5. The van der Waals surface area contributed by atoms with Crippen molar-refractivity contribution in [1.82, 2.24) is 29.6 Å². The molecule has 4 heterocycles. The molecule has 0 spiro atoms. The van der Waals surface area contributed by atoms with E-state index < -0.39 is 5.60 Å². The van der Waals surface area contributed by atoms with Crippen molar-refractivity contribution in [3.8, 4) is 5.82 Å². The summed E-state index contributed by atoms with van der Waals surface area (Å²) in [6, 6.07) is 9.82. The minimum absolute atomic E-state index is 0.119. The second-order valence-electron chi connectivity index (χ2n) is 9.47. The van der Waals surface area contributed by atoms with E-state index in [1.807, 2.05) is 26.0 Å². The van der Waals surface area contributed by atoms with Crippen molar-refractivity contribution in [2.75, 3.05) is 11.9 Å². The average Bonchev–Trinajstić information content (AvgIpc) is 3.10. The number of rotatable bonds is 5. The zero-order valence-electron chi connectivity index (χ0n) is 19.8. The van der Waals surface area contributed by atoms with Crippen molar-refractivity contribution in [3.05, 3.63) is 70.0 Å². The number of nitrogens with zero attached hydrogens (tertiary/aromatic N) is 5. The van der Waals surface area contributed by atoms with Gasteiger partial charge < -0.3 is 15.7 Å². The zero-order chi connectivity index (χ0) is 24.0. The van der Waals surface area contributed by atoms with Crippen LogP contribution in [0.2, 0.25) is 0 Å². The minimum atomic E-state index is -1.21. The SMILES string of the molecule is CC(C)n1c(=O)c2cnc(Nc3ccc4c(c3)CCNC4)cc2n1-c1ccnc(C(C)(C)O)n1. The molecule has 9 heteroatoms. The van der Waals surface area contributed by atoms with Gasteiger partial charge in [0.1, 0.15) is 11.4 Å². The summed E-state index contributed by atoms with van der Waals surface area (Å²) in [6.07, 6.45) is 4.19. The van der Waals surface area contributed by atoms with Gasteiger partial charge in [0.25, 0.3) is 5.56 Å². The van der Waals surface area contributed by atoms with Crippen molar-refractivity contribution in [2.24, 2.45) is 0 Å². The highest BCUT2D eigenvalue weighted by Crippen LogP contribution is 2.25. The number of anilines is 2. The first kappa shape index (κ1) is 22.2. The Morgan fingerprint density at radius 3 is 2.74 bits per heavy atom. The number of fused-ring (bicyclic) bond motifs is 2. The third-order valence-corrected chi connectivity index (χ3v) is 6.02. The lowest BCUT2D eigenvalue weighted by atomic mass is 10.0. The van der Waals surface area contributed by atoms with Gasteiger partial charge in [-0.05, 0) is 63.9 Å². The third-order valence-electron chi connectivity index (χ3n) is 6.02. The van der Waals surface area contributed by atoms with Crippen molar-refractivity contribution in [1.29, 1.82) is 0 Å². The van der Waals surface area contributed by atoms with Crippen LogP contribution < -0.4 is 16.2 Å². The van der Waals surface area contributed by atoms with Crippen LogP contribution in [0.25, 0.3) is 16.7 Å². The van der Waals surface area contributed by atoms with Crippen LogP contribution in [0.4, 0.5) is 11.5 Å². The molecule has 1 aliphatic heterocycles. The van der Waals surface area contributed by atoms with Gasteiger partial charge in [-0.1, -0.05) is 6.07 Å². The molecule has 0 saturated heterocycles. The van der Waals surface area contributed by atoms with E-state index in [0.29, 0.717) is 22.5 Å². The minimum Gasteiger partial charge on any atom is -0.382 e. The van der Waals surface area contributed by atoms with Gasteiger partial charge in [-0.25, -0.2) is 24.3 Å². The van der Waals surface area contributed by atoms with Gasteiger partial charge in [0.2, 0.25) is 0 Å². The maximum absolute atomic E-state index is 13.3. The summed E-state index contributed by atoms with van der Waals surface area (Å²) in [7, 11) is 0. The fraction of sp³-hybridized carbons (Fsp3) is 0.360. The van der Waals surface area contributed by atoms with Gasteiger partial charge in [-0.2, -0.15) is 0 Å². The fourth-order valence-electron chi connectivity index (χ4n) is 4.35. The van der Waals surface area contributed by atoms with Gasteiger partial charge in [-0.3, -0.25) is 4.79 Å². The second-order valence-corrected chi connectivity index (χ2v) is 9.47. The van der Waals surface area contributed by atoms with E-state index in [1.54, 1.807) is 41.7 Å². The molecular formula is C25H29N7O2. The second kappa shape index (κ2) is 8.34. The lowest BCUT2D eigenvalue weighted by Gasteiger charge is -2.19. The number of hydrogen-bond donors (Lipinski definition) is 3. The molecule has 0 amide bonds. The summed E-state index contributed by atoms with van der Waals surface area (Å²) in [4.78, 5) is 26.6. The van der Waals surface area contributed by atoms with E-state index >= 15 is 0 Å². The van der Waals surface area contributed by atoms with Gasteiger partial charge >= 0.3 is 0 Å². The molecule has 0 bridgehead atoms. The molecule has 3 N–H and O–H groups in total. The molecule has 1 aliphatic rings. The molecule has 0 fully saturated rings. The lowest BCUT2D eigenvalue weighted by Crippen LogP contribution is -2.26. The molecule has 9 nitrogen and oxygen atoms in total. The maximum atomic E-state index is 13.3. The molecule has 0 radical (unpaired) electrons. The van der Waals surface area contributed by atoms with Crippen LogP contribution in [0.15, 0.2) is 47.5 Å². The van der Waals surface area contributed by atoms with Crippen molar-refractivity contribution < 1.29 is 5.11 Å². The van der Waals surface area contributed by atoms with Crippen molar-refractivity contribution in [3.63, 3.8) is 0 Å². The Labute approximate surface area is 197 Å². The third kappa shape index (κ3) is 3.97. The molecule has 3 aromatic heterocycles. The number of nitrogens with one attached hydrogen (secondary N) is 2. The summed E-state index contributed by atoms with van der Waals surface area (Å²) < 4.78 is 3.43. The van der Waals surface area contributed by atoms with Gasteiger partial charge in [0.15, 0.2) is 11.6 Å². The summed E-state index contributed by atoms with van der Waals surface area (Å²) in [5.41, 5.74) is 2.92. The quantitative estimate of drug-likeness (QED) is 0.420. The largest absolute Gasteiger partial charge is 0.382 e. The maximum Gasteiger partial charge on any atom is 0.276 e. The van der Waals surface area contributed by atoms with Crippen molar-refractivity contribution in [2.45, 2.75) is 52.3 Å². The average molecular weight is 460 g/mol. The highest BCUT2D eigenvalue weighted by molar-refractivity contribution is 5.82. The molecule has 0 unspecified atom stereocenters. The number of benzene rings is 1. The summed E-state index contributed by atoms with van der Waals surface area (Å²) >= 11 is 0. The molecule has 1 aromatic carbocycles. The molecule has 176 valence electrons. The van der Waals surface area contributed by atoms with Crippen LogP contribution in [-0.2, 0) is 18.6 Å². The Morgan fingerprint density at radius 1 is 1.15 bits per heavy atom. The molecular weight excluding hydrogens is 430 g/mol. The van der Waals surface area contributed by atoms with Crippen LogP contribution in [0.1, 0.15) is 50.7 Å². The highest BCUT2D eigenvalue weighted by Gasteiger charge is 2.23. The first-order chi connectivity index (χ1) is 16.2. The topological polar surface area (TPSA) is 110 Å². The number of aliphatic hydroxyl groups is 1. The van der Waals surface area contributed by atoms with Crippen LogP contribution >= 0.6 is 0 Å². The summed E-state index contributed by atoms with van der Waals surface area (Å²) in [5.74, 6) is 1.42. The highest BCUT2D eigenvalue weighted by atomic mass is 16.3. The Kier molecular flexibility index (Phi) is 5.45. The van der Waals surface area contributed by atoms with E-state index in [2.05, 4.69) is 37.7 Å². The molecule has 0 saturated carbocycles. The van der Waals surface area contributed by atoms with E-state index in [-0.39, 0.29) is 17.4 Å². The first-order valence-electron chi connectivity index (χ1n) is 11.5. The smallest absolute Gasteiger partial charge is 0.276 e. The molecule has 0 aliphatic carbocycles. The Hall–Kier alpha value is -3.56. The molecule has 5 rings (SSSR count). The summed E-state index contributed by atoms with van der Waals surface area (Å²) in [5, 5.41) is 17.7. The zero-order valence-corrected chi connectivity index (χ0v) is 19.8. The van der Waals surface area contributed by atoms with Gasteiger partial charge in [-0.15, -0.1) is 0 Å². The van der Waals surface area contributed by atoms with E-state index in [4.69, 9.17) is 0 Å². The van der Waals surface area contributed by atoms with E-state index in [1.165, 1.54) is 11.1 Å². The normalized spacial score (nSPS) is 13.9. The molecule has 34 heavy (non-hydrogen) atoms. The number of aromatic nitrogens is 5. The van der Waals surface area contributed by atoms with Gasteiger partial charge in [0, 0.05) is 42.8 Å². The van der Waals surface area contributed by atoms with Gasteiger partial charge in [0.05, 0.1) is 10.9 Å². The predicted octanol–water partition coefficient (Wildman–Crippen LogP) is 3.17. The molecule has 4 aromatic rings. The molecule has 0 atom stereocenters. The number of hydrogen-bond acceptors (Lipinski definition) is 7. The number of pyridine rings is 1. The Bertz CT molecular complexity index is 1430. The van der Waals surface area contributed by atoms with E-state index in [9.17, 15) is 9.90 Å². The van der Waals surface area contributed by atoms with Crippen molar-refractivity contribution >= 4 is 22.4 Å². The summed E-state index contributed by atoms with van der Waals surface area (Å²) in [6.45, 7) is 9.03. The monoisotopic (exact) mass is 459 g/mol. The standard InChI is InChI=1S/C25H29N7O2/c1-15(2)31-23(33)19-14-28-21(29-18-6-5-17-13-26-9-7-16(17)11-18)12-20(19)32(31)22-8-10-27-24(30-22)25(3,4)34/h5-6,8,10-12,14-15,26,34H,7,9,13H2,1-4H3,(H,28,29). The Morgan fingerprint density at radius 2 is 1.97 bits per heavy atom. The van der Waals surface area contributed by atoms with E-state index in [0.717, 1.165) is 25.2 Å². The van der Waals surface area contributed by atoms with Crippen LogP contribution in [0.3, 0.4) is 0 Å². The lowest BCUT2D eigenvalue weighted by molar-refractivity contribution is 0.0686. The Balaban J connectivity index is 1.63. The van der Waals surface area contributed by atoms with Crippen LogP contribution in [0.5, 0.6) is 0 Å². The predicted molar refractivity (Wildman–Crippen MR) is 132 cm³/mol. The van der Waals surface area contributed by atoms with Crippen LogP contribution in [-0.4, -0.2) is 36.0 Å².